The zero-order chi connectivity index (χ0) is 13.3. The van der Waals surface area contributed by atoms with Crippen LogP contribution in [-0.4, -0.2) is 43.0 Å². The van der Waals surface area contributed by atoms with Gasteiger partial charge in [0.2, 0.25) is 0 Å². The summed E-state index contributed by atoms with van der Waals surface area (Å²) in [7, 11) is 0. The molecule has 0 aromatic heterocycles. The minimum Gasteiger partial charge on any atom is -0.478 e. The lowest BCUT2D eigenvalue weighted by Crippen LogP contribution is -2.15. The molecule has 0 saturated carbocycles. The molecule has 1 N–H and O–H groups in total. The van der Waals surface area contributed by atoms with Gasteiger partial charge in [0.25, 0.3) is 0 Å². The average Bonchev–Trinajstić information content (AvgIpc) is 2.23. The fraction of sp³-hybridized carbons (Fsp3) is 0.500. The number of carbonyl (C=O) groups is 3. The third-order valence-corrected chi connectivity index (χ3v) is 1.46. The molecule has 0 spiro atoms. The first-order chi connectivity index (χ1) is 7.97. The Morgan fingerprint density at radius 2 is 1.71 bits per heavy atom. The van der Waals surface area contributed by atoms with E-state index >= 15 is 0 Å². The molecule has 7 nitrogen and oxygen atoms in total. The largest absolute Gasteiger partial charge is 0.508 e. The fourth-order valence-corrected chi connectivity index (χ4v) is 0.777. The molecule has 96 valence electrons. The zero-order valence-electron chi connectivity index (χ0n) is 9.60. The van der Waals surface area contributed by atoms with Crippen molar-refractivity contribution in [2.75, 3.05) is 19.8 Å². The Morgan fingerprint density at radius 1 is 1.12 bits per heavy atom. The molecule has 0 aliphatic rings. The van der Waals surface area contributed by atoms with Crippen molar-refractivity contribution in [2.45, 2.75) is 13.8 Å². The van der Waals surface area contributed by atoms with E-state index < -0.39 is 18.1 Å². The number of carbonyl (C=O) groups excluding carboxylic acids is 2. The van der Waals surface area contributed by atoms with E-state index in [1.54, 1.807) is 6.92 Å². The van der Waals surface area contributed by atoms with Crippen molar-refractivity contribution < 1.29 is 33.7 Å². The van der Waals surface area contributed by atoms with Crippen LogP contribution in [0, 0.1) is 0 Å². The second-order valence-electron chi connectivity index (χ2n) is 2.83. The van der Waals surface area contributed by atoms with Gasteiger partial charge in [-0.15, -0.1) is 0 Å². The quantitative estimate of drug-likeness (QED) is 0.419. The Morgan fingerprint density at radius 3 is 2.24 bits per heavy atom. The first kappa shape index (κ1) is 14.9. The molecule has 0 rings (SSSR count). The average molecular weight is 246 g/mol. The van der Waals surface area contributed by atoms with Crippen molar-refractivity contribution in [3.63, 3.8) is 0 Å². The van der Waals surface area contributed by atoms with Crippen LogP contribution in [0.1, 0.15) is 13.8 Å². The van der Waals surface area contributed by atoms with Gasteiger partial charge < -0.3 is 19.3 Å². The highest BCUT2D eigenvalue weighted by Crippen LogP contribution is 1.96. The molecule has 0 unspecified atom stereocenters. The van der Waals surface area contributed by atoms with Crippen LogP contribution in [-0.2, 0) is 23.8 Å². The summed E-state index contributed by atoms with van der Waals surface area (Å²) in [6, 6.07) is 0. The summed E-state index contributed by atoms with van der Waals surface area (Å²) in [5.41, 5.74) is -0.0476. The third-order valence-electron chi connectivity index (χ3n) is 1.46. The van der Waals surface area contributed by atoms with E-state index in [0.29, 0.717) is 0 Å². The molecule has 7 heteroatoms. The first-order valence-electron chi connectivity index (χ1n) is 4.85. The lowest BCUT2D eigenvalue weighted by atomic mass is 10.3. The molecule has 0 aliphatic carbocycles. The molecule has 0 saturated heterocycles. The van der Waals surface area contributed by atoms with Crippen molar-refractivity contribution >= 4 is 18.1 Å². The summed E-state index contributed by atoms with van der Waals surface area (Å²) in [4.78, 5) is 32.1. The summed E-state index contributed by atoms with van der Waals surface area (Å²) in [6.45, 7) is 2.82. The molecule has 0 heterocycles. The van der Waals surface area contributed by atoms with E-state index in [2.05, 4.69) is 14.2 Å². The number of esters is 1. The van der Waals surface area contributed by atoms with Gasteiger partial charge in [-0.3, -0.25) is 0 Å². The summed E-state index contributed by atoms with van der Waals surface area (Å²) in [5.74, 6) is -2.01. The molecule has 0 atom stereocenters. The molecule has 0 radical (unpaired) electrons. The van der Waals surface area contributed by atoms with Gasteiger partial charge in [0.05, 0.1) is 6.61 Å². The van der Waals surface area contributed by atoms with E-state index in [1.807, 2.05) is 0 Å². The van der Waals surface area contributed by atoms with E-state index in [0.717, 1.165) is 6.08 Å². The molecule has 0 fully saturated rings. The molecule has 0 amide bonds. The monoisotopic (exact) mass is 246 g/mol. The first-order valence-corrected chi connectivity index (χ1v) is 4.85. The number of ether oxygens (including phenoxy) is 3. The predicted molar refractivity (Wildman–Crippen MR) is 55.3 cm³/mol. The highest BCUT2D eigenvalue weighted by Gasteiger charge is 2.08. The molecular weight excluding hydrogens is 232 g/mol. The van der Waals surface area contributed by atoms with Crippen molar-refractivity contribution in [1.82, 2.24) is 0 Å². The molecule has 0 aromatic carbocycles. The third kappa shape index (κ3) is 7.83. The van der Waals surface area contributed by atoms with Crippen LogP contribution in [0.15, 0.2) is 11.6 Å². The number of hydrogen-bond acceptors (Lipinski definition) is 6. The number of carboxylic acids is 1. The van der Waals surface area contributed by atoms with Crippen molar-refractivity contribution in [2.24, 2.45) is 0 Å². The van der Waals surface area contributed by atoms with Gasteiger partial charge >= 0.3 is 18.1 Å². The Kier molecular flexibility index (Phi) is 7.16. The minimum atomic E-state index is -1.23. The Labute approximate surface area is 98.0 Å². The van der Waals surface area contributed by atoms with Gasteiger partial charge in [-0.2, -0.15) is 0 Å². The van der Waals surface area contributed by atoms with E-state index in [4.69, 9.17) is 5.11 Å². The lowest BCUT2D eigenvalue weighted by Gasteiger charge is -2.05. The number of rotatable bonds is 6. The summed E-state index contributed by atoms with van der Waals surface area (Å²) >= 11 is 0. The second kappa shape index (κ2) is 8.14. The highest BCUT2D eigenvalue weighted by molar-refractivity contribution is 5.95. The van der Waals surface area contributed by atoms with Gasteiger partial charge in [-0.05, 0) is 13.8 Å². The van der Waals surface area contributed by atoms with Gasteiger partial charge in [-0.1, -0.05) is 0 Å². The van der Waals surface area contributed by atoms with Gasteiger partial charge in [-0.25, -0.2) is 14.4 Å². The van der Waals surface area contributed by atoms with Gasteiger partial charge in [0.1, 0.15) is 13.2 Å². The van der Waals surface area contributed by atoms with Crippen LogP contribution >= 0.6 is 0 Å². The highest BCUT2D eigenvalue weighted by atomic mass is 16.7. The van der Waals surface area contributed by atoms with E-state index in [1.165, 1.54) is 6.92 Å². The van der Waals surface area contributed by atoms with Crippen LogP contribution in [0.2, 0.25) is 0 Å². The zero-order valence-corrected chi connectivity index (χ0v) is 9.60. The summed E-state index contributed by atoms with van der Waals surface area (Å²) in [5, 5.41) is 8.37. The van der Waals surface area contributed by atoms with E-state index in [9.17, 15) is 14.4 Å². The van der Waals surface area contributed by atoms with E-state index in [-0.39, 0.29) is 25.4 Å². The molecule has 0 aliphatic heterocycles. The minimum absolute atomic E-state index is 0.0476. The fourth-order valence-electron chi connectivity index (χ4n) is 0.777. The van der Waals surface area contributed by atoms with Gasteiger partial charge in [0.15, 0.2) is 0 Å². The van der Waals surface area contributed by atoms with Gasteiger partial charge in [0, 0.05) is 11.6 Å². The maximum absolute atomic E-state index is 11.1. The van der Waals surface area contributed by atoms with Crippen LogP contribution in [0.5, 0.6) is 0 Å². The molecule has 17 heavy (non-hydrogen) atoms. The Hall–Kier alpha value is -2.05. The number of aliphatic carboxylic acids is 1. The summed E-state index contributed by atoms with van der Waals surface area (Å²) in [6.07, 6.45) is -0.115. The molecule has 0 bridgehead atoms. The smallest absolute Gasteiger partial charge is 0.478 e. The van der Waals surface area contributed by atoms with Crippen LogP contribution in [0.4, 0.5) is 4.79 Å². The van der Waals surface area contributed by atoms with Crippen molar-refractivity contribution in [1.29, 1.82) is 0 Å². The lowest BCUT2D eigenvalue weighted by molar-refractivity contribution is -0.141. The molecule has 0 aromatic rings. The van der Waals surface area contributed by atoms with Crippen LogP contribution in [0.25, 0.3) is 0 Å². The standard InChI is InChI=1S/C10H14O7/c1-3-15-10(14)17-5-4-16-9(13)7(2)6-8(11)12/h6H,3-5H2,1-2H3,(H,11,12). The molecular formula is C10H14O7. The Balaban J connectivity index is 3.79. The maximum atomic E-state index is 11.1. The SMILES string of the molecule is CCOC(=O)OCCOC(=O)C(C)=CC(=O)O. The number of hydrogen-bond donors (Lipinski definition) is 1. The van der Waals surface area contributed by atoms with Crippen LogP contribution in [0.3, 0.4) is 0 Å². The second-order valence-corrected chi connectivity index (χ2v) is 2.83. The normalized spacial score (nSPS) is 10.6. The van der Waals surface area contributed by atoms with Crippen molar-refractivity contribution in [3.05, 3.63) is 11.6 Å². The van der Waals surface area contributed by atoms with Crippen molar-refractivity contribution in [3.8, 4) is 0 Å². The maximum Gasteiger partial charge on any atom is 0.508 e. The topological polar surface area (TPSA) is 99.1 Å². The van der Waals surface area contributed by atoms with Crippen LogP contribution < -0.4 is 0 Å². The summed E-state index contributed by atoms with van der Waals surface area (Å²) < 4.78 is 13.6. The predicted octanol–water partition coefficient (Wildman–Crippen LogP) is 0.734. The number of carboxylic acid groups (broad SMARTS) is 1. The Bertz CT molecular complexity index is 319.